The van der Waals surface area contributed by atoms with E-state index in [1.54, 1.807) is 19.9 Å². The van der Waals surface area contributed by atoms with Gasteiger partial charge in [-0.2, -0.15) is 0 Å². The number of imide groups is 1. The zero-order valence-electron chi connectivity index (χ0n) is 10.7. The van der Waals surface area contributed by atoms with Gasteiger partial charge in [-0.05, 0) is 31.5 Å². The van der Waals surface area contributed by atoms with Gasteiger partial charge in [0, 0.05) is 0 Å². The van der Waals surface area contributed by atoms with Gasteiger partial charge in [0.2, 0.25) is 11.8 Å². The van der Waals surface area contributed by atoms with Crippen LogP contribution in [0.15, 0.2) is 18.2 Å². The minimum absolute atomic E-state index is 0.0158. The molecule has 0 saturated carbocycles. The first-order valence-electron chi connectivity index (χ1n) is 5.85. The normalized spacial score (nSPS) is 18.8. The van der Waals surface area contributed by atoms with Crippen molar-refractivity contribution in [2.45, 2.75) is 25.9 Å². The molecule has 0 spiro atoms. The molecule has 19 heavy (non-hydrogen) atoms. The van der Waals surface area contributed by atoms with Gasteiger partial charge in [0.1, 0.15) is 5.82 Å². The highest BCUT2D eigenvalue weighted by Gasteiger charge is 2.39. The molecule has 102 valence electrons. The first-order valence-corrected chi connectivity index (χ1v) is 6.23. The molecule has 4 nitrogen and oxygen atoms in total. The minimum atomic E-state index is -0.793. The molecule has 0 aliphatic carbocycles. The lowest BCUT2D eigenvalue weighted by Crippen LogP contribution is -2.63. The Hall–Kier alpha value is -1.46. The molecule has 0 aromatic heterocycles. The van der Waals surface area contributed by atoms with Gasteiger partial charge in [0.15, 0.2) is 0 Å². The van der Waals surface area contributed by atoms with Crippen LogP contribution in [0.2, 0.25) is 5.02 Å². The molecular weight excluding hydrogens is 271 g/mol. The number of piperazine rings is 1. The highest BCUT2D eigenvalue weighted by Crippen LogP contribution is 2.20. The number of hydrogen-bond donors (Lipinski definition) is 1. The van der Waals surface area contributed by atoms with Gasteiger partial charge in [-0.1, -0.05) is 17.7 Å². The monoisotopic (exact) mass is 284 g/mol. The number of carbonyl (C=O) groups is 2. The van der Waals surface area contributed by atoms with Crippen LogP contribution in [0.25, 0.3) is 0 Å². The zero-order valence-corrected chi connectivity index (χ0v) is 11.4. The van der Waals surface area contributed by atoms with E-state index in [-0.39, 0.29) is 29.9 Å². The fourth-order valence-corrected chi connectivity index (χ4v) is 2.02. The van der Waals surface area contributed by atoms with Gasteiger partial charge < -0.3 is 0 Å². The Bertz CT molecular complexity index is 545. The number of halogens is 2. The molecule has 0 bridgehead atoms. The van der Waals surface area contributed by atoms with E-state index in [2.05, 4.69) is 5.32 Å². The van der Waals surface area contributed by atoms with E-state index in [1.807, 2.05) is 0 Å². The summed E-state index contributed by atoms with van der Waals surface area (Å²) in [5, 5.41) is 2.87. The minimum Gasteiger partial charge on any atom is -0.295 e. The average Bonchev–Trinajstić information content (AvgIpc) is 2.35. The van der Waals surface area contributed by atoms with Crippen LogP contribution in [0, 0.1) is 5.82 Å². The third-order valence-electron chi connectivity index (χ3n) is 3.09. The molecule has 1 aromatic rings. The molecule has 2 rings (SSSR count). The highest BCUT2D eigenvalue weighted by atomic mass is 35.5. The standard InChI is InChI=1S/C13H14ClFN2O2/c1-13(2)12(19)17(11(18)6-16-13)7-8-3-4-9(14)10(15)5-8/h3-5,16H,6-7H2,1-2H3. The van der Waals surface area contributed by atoms with Crippen molar-refractivity contribution in [3.05, 3.63) is 34.6 Å². The van der Waals surface area contributed by atoms with Gasteiger partial charge in [0.05, 0.1) is 23.7 Å². The lowest BCUT2D eigenvalue weighted by atomic mass is 10.00. The van der Waals surface area contributed by atoms with Crippen LogP contribution >= 0.6 is 11.6 Å². The summed E-state index contributed by atoms with van der Waals surface area (Å²) in [5.74, 6) is -1.20. The third-order valence-corrected chi connectivity index (χ3v) is 3.39. The molecule has 0 unspecified atom stereocenters. The Kier molecular flexibility index (Phi) is 3.60. The fourth-order valence-electron chi connectivity index (χ4n) is 1.90. The fraction of sp³-hybridized carbons (Fsp3) is 0.385. The quantitative estimate of drug-likeness (QED) is 0.841. The van der Waals surface area contributed by atoms with Crippen molar-refractivity contribution >= 4 is 23.4 Å². The van der Waals surface area contributed by atoms with Crippen molar-refractivity contribution in [2.24, 2.45) is 0 Å². The molecule has 1 saturated heterocycles. The summed E-state index contributed by atoms with van der Waals surface area (Å²) >= 11 is 5.59. The summed E-state index contributed by atoms with van der Waals surface area (Å²) in [4.78, 5) is 25.0. The van der Waals surface area contributed by atoms with Crippen molar-refractivity contribution in [2.75, 3.05) is 6.54 Å². The average molecular weight is 285 g/mol. The third kappa shape index (κ3) is 2.77. The molecule has 1 aliphatic heterocycles. The van der Waals surface area contributed by atoms with E-state index in [1.165, 1.54) is 12.1 Å². The SMILES string of the molecule is CC1(C)NCC(=O)N(Cc2ccc(Cl)c(F)c2)C1=O. The topological polar surface area (TPSA) is 49.4 Å². The number of rotatable bonds is 2. The molecule has 1 fully saturated rings. The Morgan fingerprint density at radius 1 is 1.42 bits per heavy atom. The summed E-state index contributed by atoms with van der Waals surface area (Å²) in [6, 6.07) is 4.24. The van der Waals surface area contributed by atoms with Crippen molar-refractivity contribution in [1.29, 1.82) is 0 Å². The van der Waals surface area contributed by atoms with E-state index < -0.39 is 11.4 Å². The number of nitrogens with zero attached hydrogens (tertiary/aromatic N) is 1. The van der Waals surface area contributed by atoms with Gasteiger partial charge in [0.25, 0.3) is 0 Å². The first kappa shape index (κ1) is 14.0. The van der Waals surface area contributed by atoms with E-state index in [0.29, 0.717) is 5.56 Å². The highest BCUT2D eigenvalue weighted by molar-refractivity contribution is 6.30. The molecular formula is C13H14ClFN2O2. The number of nitrogens with one attached hydrogen (secondary N) is 1. The maximum atomic E-state index is 13.3. The lowest BCUT2D eigenvalue weighted by molar-refractivity contribution is -0.153. The van der Waals surface area contributed by atoms with E-state index in [4.69, 9.17) is 11.6 Å². The molecule has 2 amide bonds. The Labute approximate surface area is 115 Å². The molecule has 0 radical (unpaired) electrons. The number of amides is 2. The van der Waals surface area contributed by atoms with Crippen LogP contribution in [-0.2, 0) is 16.1 Å². The van der Waals surface area contributed by atoms with E-state index >= 15 is 0 Å². The molecule has 0 atom stereocenters. The maximum absolute atomic E-state index is 13.3. The van der Waals surface area contributed by atoms with Crippen LogP contribution in [0.1, 0.15) is 19.4 Å². The van der Waals surface area contributed by atoms with E-state index in [9.17, 15) is 14.0 Å². The first-order chi connectivity index (χ1) is 8.81. The van der Waals surface area contributed by atoms with Gasteiger partial charge >= 0.3 is 0 Å². The summed E-state index contributed by atoms with van der Waals surface area (Å²) in [6.07, 6.45) is 0. The van der Waals surface area contributed by atoms with Crippen molar-refractivity contribution in [1.82, 2.24) is 10.2 Å². The number of benzene rings is 1. The maximum Gasteiger partial charge on any atom is 0.249 e. The molecule has 1 N–H and O–H groups in total. The largest absolute Gasteiger partial charge is 0.295 e. The molecule has 1 aromatic carbocycles. The number of hydrogen-bond acceptors (Lipinski definition) is 3. The van der Waals surface area contributed by atoms with Crippen molar-refractivity contribution in [3.8, 4) is 0 Å². The Morgan fingerprint density at radius 2 is 2.11 bits per heavy atom. The second-order valence-corrected chi connectivity index (χ2v) is 5.42. The van der Waals surface area contributed by atoms with E-state index in [0.717, 1.165) is 4.90 Å². The zero-order chi connectivity index (χ0) is 14.2. The summed E-state index contributed by atoms with van der Waals surface area (Å²) in [7, 11) is 0. The van der Waals surface area contributed by atoms with Crippen LogP contribution in [0.3, 0.4) is 0 Å². The van der Waals surface area contributed by atoms with Gasteiger partial charge in [-0.15, -0.1) is 0 Å². The predicted octanol–water partition coefficient (Wildman–Crippen LogP) is 1.72. The van der Waals surface area contributed by atoms with Crippen molar-refractivity contribution < 1.29 is 14.0 Å². The molecule has 1 heterocycles. The Balaban J connectivity index is 2.23. The predicted molar refractivity (Wildman–Crippen MR) is 69.0 cm³/mol. The number of carbonyl (C=O) groups excluding carboxylic acids is 2. The van der Waals surface area contributed by atoms with Crippen LogP contribution in [0.5, 0.6) is 0 Å². The summed E-state index contributed by atoms with van der Waals surface area (Å²) in [5.41, 5.74) is -0.264. The smallest absolute Gasteiger partial charge is 0.249 e. The summed E-state index contributed by atoms with van der Waals surface area (Å²) < 4.78 is 13.3. The lowest BCUT2D eigenvalue weighted by Gasteiger charge is -2.36. The molecule has 6 heteroatoms. The van der Waals surface area contributed by atoms with Gasteiger partial charge in [-0.3, -0.25) is 19.8 Å². The van der Waals surface area contributed by atoms with Crippen molar-refractivity contribution in [3.63, 3.8) is 0 Å². The van der Waals surface area contributed by atoms with Crippen LogP contribution < -0.4 is 5.32 Å². The molecule has 1 aliphatic rings. The van der Waals surface area contributed by atoms with Gasteiger partial charge in [-0.25, -0.2) is 4.39 Å². The summed E-state index contributed by atoms with van der Waals surface area (Å²) in [6.45, 7) is 3.56. The van der Waals surface area contributed by atoms with Crippen LogP contribution in [-0.4, -0.2) is 28.8 Å². The second-order valence-electron chi connectivity index (χ2n) is 5.01. The van der Waals surface area contributed by atoms with Crippen LogP contribution in [0.4, 0.5) is 4.39 Å². The Morgan fingerprint density at radius 3 is 2.74 bits per heavy atom. The second kappa shape index (κ2) is 4.90.